The van der Waals surface area contributed by atoms with Gasteiger partial charge in [-0.3, -0.25) is 19.5 Å². The summed E-state index contributed by atoms with van der Waals surface area (Å²) in [7, 11) is 0. The van der Waals surface area contributed by atoms with Crippen LogP contribution >= 0.6 is 0 Å². The van der Waals surface area contributed by atoms with Crippen LogP contribution < -0.4 is 10.6 Å². The van der Waals surface area contributed by atoms with Gasteiger partial charge < -0.3 is 15.4 Å². The summed E-state index contributed by atoms with van der Waals surface area (Å²) in [5.41, 5.74) is 2.50. The predicted octanol–water partition coefficient (Wildman–Crippen LogP) is 2.50. The number of Topliss-reactive ketones (excluding diaryl/α,β-unsaturated/α-hetero) is 2. The molecule has 3 rings (SSSR count). The maximum absolute atomic E-state index is 13.2. The molecule has 1 aliphatic rings. The van der Waals surface area contributed by atoms with Crippen molar-refractivity contribution in [1.82, 2.24) is 20.8 Å². The van der Waals surface area contributed by atoms with Gasteiger partial charge in [-0.15, -0.1) is 0 Å². The number of aromatic amines is 1. The summed E-state index contributed by atoms with van der Waals surface area (Å²) < 4.78 is 5.27. The Kier molecular flexibility index (Phi) is 8.95. The smallest absolute Gasteiger partial charge is 0.408 e. The molecule has 0 saturated carbocycles. The molecule has 2 aromatic rings. The molecule has 9 heteroatoms. The zero-order valence-electron chi connectivity index (χ0n) is 19.6. The highest BCUT2D eigenvalue weighted by atomic mass is 16.5. The lowest BCUT2D eigenvalue weighted by Gasteiger charge is -2.22. The minimum absolute atomic E-state index is 0.0860. The van der Waals surface area contributed by atoms with Crippen molar-refractivity contribution in [2.24, 2.45) is 11.8 Å². The number of amides is 2. The van der Waals surface area contributed by atoms with E-state index in [4.69, 9.17) is 4.74 Å². The van der Waals surface area contributed by atoms with Gasteiger partial charge >= 0.3 is 6.09 Å². The van der Waals surface area contributed by atoms with Gasteiger partial charge in [-0.25, -0.2) is 4.79 Å². The highest BCUT2D eigenvalue weighted by Crippen LogP contribution is 2.19. The number of H-pyrrole nitrogens is 1. The van der Waals surface area contributed by atoms with Crippen LogP contribution in [0.4, 0.5) is 4.79 Å². The molecule has 2 amide bonds. The molecule has 3 N–H and O–H groups in total. The van der Waals surface area contributed by atoms with Crippen LogP contribution in [0.2, 0.25) is 0 Å². The van der Waals surface area contributed by atoms with Gasteiger partial charge in [0.05, 0.1) is 11.7 Å². The first-order valence-corrected chi connectivity index (χ1v) is 11.7. The largest absolute Gasteiger partial charge is 0.445 e. The molecule has 1 aromatic carbocycles. The van der Waals surface area contributed by atoms with Crippen LogP contribution in [0.5, 0.6) is 0 Å². The quantitative estimate of drug-likeness (QED) is 0.510. The van der Waals surface area contributed by atoms with E-state index in [0.29, 0.717) is 32.2 Å². The molecule has 2 unspecified atom stereocenters. The number of benzene rings is 1. The number of fused-ring (bicyclic) bond motifs is 2. The van der Waals surface area contributed by atoms with Crippen molar-refractivity contribution < 1.29 is 23.9 Å². The summed E-state index contributed by atoms with van der Waals surface area (Å²) in [5.74, 6) is -2.25. The summed E-state index contributed by atoms with van der Waals surface area (Å²) in [6.45, 7) is 4.26. The van der Waals surface area contributed by atoms with Crippen molar-refractivity contribution in [2.75, 3.05) is 6.54 Å². The number of alkyl carbamates (subject to hydrolysis) is 1. The maximum Gasteiger partial charge on any atom is 0.408 e. The third kappa shape index (κ3) is 7.54. The van der Waals surface area contributed by atoms with Crippen molar-refractivity contribution in [1.29, 1.82) is 0 Å². The predicted molar refractivity (Wildman–Crippen MR) is 125 cm³/mol. The van der Waals surface area contributed by atoms with Crippen LogP contribution in [0.3, 0.4) is 0 Å². The molecule has 2 atom stereocenters. The lowest BCUT2D eigenvalue weighted by atomic mass is 9.87. The molecule has 0 spiro atoms. The van der Waals surface area contributed by atoms with Crippen LogP contribution in [0.1, 0.15) is 50.1 Å². The molecule has 0 saturated heterocycles. The second-order valence-electron chi connectivity index (χ2n) is 9.05. The third-order valence-electron chi connectivity index (χ3n) is 5.76. The number of hydrogen-bond acceptors (Lipinski definition) is 6. The molecule has 0 aliphatic carbocycles. The molecule has 182 valence electrons. The molecule has 34 heavy (non-hydrogen) atoms. The Labute approximate surface area is 199 Å². The fourth-order valence-corrected chi connectivity index (χ4v) is 3.93. The fourth-order valence-electron chi connectivity index (χ4n) is 3.93. The van der Waals surface area contributed by atoms with Gasteiger partial charge in [0.2, 0.25) is 5.78 Å². The number of carbonyl (C=O) groups is 4. The number of nitrogens with one attached hydrogen (secondary N) is 3. The second-order valence-corrected chi connectivity index (χ2v) is 9.05. The van der Waals surface area contributed by atoms with Crippen molar-refractivity contribution in [3.05, 3.63) is 53.3 Å². The van der Waals surface area contributed by atoms with Crippen molar-refractivity contribution in [2.45, 2.75) is 58.6 Å². The standard InChI is InChI=1S/C25H32N4O5/c1-16(2)12-21(27-25(33)34-15-17-6-4-3-5-7-17)22(30)13-18-8-9-19-14-20(29-28-19)10-11-26-24(32)23(18)31/h3-7,14,16,18,21H,8-13,15H2,1-2H3,(H,26,32)(H,27,33)(H,28,29). The molecule has 9 nitrogen and oxygen atoms in total. The van der Waals surface area contributed by atoms with E-state index in [0.717, 1.165) is 17.0 Å². The van der Waals surface area contributed by atoms with Crippen LogP contribution in [-0.2, 0) is 38.6 Å². The van der Waals surface area contributed by atoms with Gasteiger partial charge in [-0.1, -0.05) is 44.2 Å². The number of ether oxygens (including phenoxy) is 1. The van der Waals surface area contributed by atoms with E-state index in [9.17, 15) is 19.2 Å². The number of hydrogen-bond donors (Lipinski definition) is 3. The van der Waals surface area contributed by atoms with E-state index < -0.39 is 29.7 Å². The van der Waals surface area contributed by atoms with E-state index >= 15 is 0 Å². The summed E-state index contributed by atoms with van der Waals surface area (Å²) in [6.07, 6.45) is 0.904. The Hall–Kier alpha value is -3.49. The van der Waals surface area contributed by atoms with E-state index in [2.05, 4.69) is 20.8 Å². The van der Waals surface area contributed by atoms with Gasteiger partial charge in [0.1, 0.15) is 6.61 Å². The average Bonchev–Trinajstić information content (AvgIpc) is 3.26. The van der Waals surface area contributed by atoms with Crippen LogP contribution in [-0.4, -0.2) is 46.4 Å². The summed E-state index contributed by atoms with van der Waals surface area (Å²) in [4.78, 5) is 50.7. The molecule has 1 aliphatic heterocycles. The normalized spacial score (nSPS) is 17.4. The Morgan fingerprint density at radius 2 is 1.94 bits per heavy atom. The number of ketones is 2. The molecule has 0 radical (unpaired) electrons. The van der Waals surface area contributed by atoms with Crippen LogP contribution in [0.25, 0.3) is 0 Å². The molecular formula is C25H32N4O5. The van der Waals surface area contributed by atoms with Gasteiger partial charge in [0.15, 0.2) is 5.78 Å². The van der Waals surface area contributed by atoms with E-state index in [1.807, 2.05) is 50.2 Å². The van der Waals surface area contributed by atoms with Gasteiger partial charge in [-0.2, -0.15) is 5.10 Å². The topological polar surface area (TPSA) is 130 Å². The summed E-state index contributed by atoms with van der Waals surface area (Å²) >= 11 is 0. The number of aryl methyl sites for hydroxylation is 1. The SMILES string of the molecule is CC(C)CC(NC(=O)OCc1ccccc1)C(=O)CC1CCc2cc(n[nH]2)CCNC(=O)C1=O. The van der Waals surface area contributed by atoms with E-state index in [-0.39, 0.29) is 24.7 Å². The Bertz CT molecular complexity index is 1000. The first-order valence-electron chi connectivity index (χ1n) is 11.7. The highest BCUT2D eigenvalue weighted by Gasteiger charge is 2.31. The lowest BCUT2D eigenvalue weighted by Crippen LogP contribution is -2.44. The monoisotopic (exact) mass is 468 g/mol. The van der Waals surface area contributed by atoms with Crippen LogP contribution in [0, 0.1) is 11.8 Å². The van der Waals surface area contributed by atoms with Gasteiger partial charge in [0, 0.05) is 31.0 Å². The molecular weight excluding hydrogens is 436 g/mol. The zero-order chi connectivity index (χ0) is 24.5. The number of rotatable bonds is 8. The number of aromatic nitrogens is 2. The number of nitrogens with zero attached hydrogens (tertiary/aromatic N) is 1. The van der Waals surface area contributed by atoms with Crippen molar-refractivity contribution in [3.63, 3.8) is 0 Å². The molecule has 0 fully saturated rings. The number of carbonyl (C=O) groups excluding carboxylic acids is 4. The molecule has 1 aromatic heterocycles. The summed E-state index contributed by atoms with van der Waals surface area (Å²) in [5, 5.41) is 12.4. The zero-order valence-corrected chi connectivity index (χ0v) is 19.6. The fraction of sp³-hybridized carbons (Fsp3) is 0.480. The van der Waals surface area contributed by atoms with Crippen molar-refractivity contribution in [3.8, 4) is 0 Å². The third-order valence-corrected chi connectivity index (χ3v) is 5.76. The lowest BCUT2D eigenvalue weighted by molar-refractivity contribution is -0.141. The van der Waals surface area contributed by atoms with E-state index in [1.54, 1.807) is 0 Å². The summed E-state index contributed by atoms with van der Waals surface area (Å²) in [6, 6.07) is 10.3. The minimum atomic E-state index is -0.809. The Morgan fingerprint density at radius 3 is 2.68 bits per heavy atom. The van der Waals surface area contributed by atoms with Crippen molar-refractivity contribution >= 4 is 23.6 Å². The highest BCUT2D eigenvalue weighted by molar-refractivity contribution is 6.37. The maximum atomic E-state index is 13.2. The van der Waals surface area contributed by atoms with Gasteiger partial charge in [0.25, 0.3) is 5.91 Å². The minimum Gasteiger partial charge on any atom is -0.445 e. The van der Waals surface area contributed by atoms with Crippen LogP contribution in [0.15, 0.2) is 36.4 Å². The first kappa shape index (κ1) is 25.1. The first-order chi connectivity index (χ1) is 16.3. The van der Waals surface area contributed by atoms with Gasteiger partial charge in [-0.05, 0) is 36.8 Å². The molecule has 2 bridgehead atoms. The second kappa shape index (κ2) is 12.1. The average molecular weight is 469 g/mol. The van der Waals surface area contributed by atoms with E-state index in [1.165, 1.54) is 0 Å². The Balaban J connectivity index is 1.65. The molecule has 2 heterocycles. The Morgan fingerprint density at radius 1 is 1.18 bits per heavy atom.